The van der Waals surface area contributed by atoms with Gasteiger partial charge in [0.25, 0.3) is 0 Å². The van der Waals surface area contributed by atoms with Crippen LogP contribution in [0.25, 0.3) is 0 Å². The third-order valence-corrected chi connectivity index (χ3v) is 8.62. The molecule has 1 unspecified atom stereocenters. The van der Waals surface area contributed by atoms with Gasteiger partial charge in [-0.05, 0) is 36.1 Å². The maximum atomic E-state index is 12.5. The Morgan fingerprint density at radius 3 is 2.59 bits per heavy atom. The zero-order valence-corrected chi connectivity index (χ0v) is 18.8. The number of rotatable bonds is 6. The Morgan fingerprint density at radius 2 is 1.97 bits per heavy atom. The quantitative estimate of drug-likeness (QED) is 0.680. The molecular weight excluding hydrogens is 416 g/mol. The molecule has 160 valence electrons. The molecule has 0 radical (unpaired) electrons. The van der Waals surface area contributed by atoms with E-state index in [0.717, 1.165) is 0 Å². The van der Waals surface area contributed by atoms with Gasteiger partial charge in [-0.15, -0.1) is 0 Å². The fraction of sp³-hybridized carbons (Fsp3) is 0.526. The molecule has 1 aliphatic heterocycles. The smallest absolute Gasteiger partial charge is 0.310 e. The Kier molecular flexibility index (Phi) is 5.34. The van der Waals surface area contributed by atoms with Gasteiger partial charge in [0.2, 0.25) is 5.88 Å². The molecule has 1 aliphatic rings. The summed E-state index contributed by atoms with van der Waals surface area (Å²) in [6.07, 6.45) is 0.529. The first-order valence-corrected chi connectivity index (χ1v) is 12.5. The zero-order valence-electron chi connectivity index (χ0n) is 17.1. The summed E-state index contributed by atoms with van der Waals surface area (Å²) in [5.74, 6) is -0.207. The number of sulfone groups is 1. The van der Waals surface area contributed by atoms with Gasteiger partial charge in [-0.2, -0.15) is 13.5 Å². The van der Waals surface area contributed by atoms with Gasteiger partial charge in [0.1, 0.15) is 6.10 Å². The SMILES string of the molecule is CCCS(=O)(=O)Oc1c(C(O)c2ccc3c(c2C)C(C)(C)CS3(=O)=O)cnn1C. The summed E-state index contributed by atoms with van der Waals surface area (Å²) in [5, 5.41) is 15.1. The third kappa shape index (κ3) is 3.80. The minimum atomic E-state index is -3.82. The van der Waals surface area contributed by atoms with Crippen molar-refractivity contribution in [2.24, 2.45) is 7.05 Å². The van der Waals surface area contributed by atoms with Crippen LogP contribution >= 0.6 is 0 Å². The lowest BCUT2D eigenvalue weighted by Crippen LogP contribution is -2.21. The molecule has 2 aromatic rings. The van der Waals surface area contributed by atoms with E-state index in [1.54, 1.807) is 19.9 Å². The highest BCUT2D eigenvalue weighted by molar-refractivity contribution is 7.91. The molecule has 0 aliphatic carbocycles. The van der Waals surface area contributed by atoms with Gasteiger partial charge in [-0.1, -0.05) is 26.8 Å². The summed E-state index contributed by atoms with van der Waals surface area (Å²) >= 11 is 0. The molecule has 0 spiro atoms. The molecule has 2 heterocycles. The number of benzene rings is 1. The van der Waals surface area contributed by atoms with Crippen molar-refractivity contribution in [3.05, 3.63) is 40.6 Å². The Morgan fingerprint density at radius 1 is 1.31 bits per heavy atom. The normalized spacial score (nSPS) is 18.4. The summed E-state index contributed by atoms with van der Waals surface area (Å²) in [6, 6.07) is 3.07. The van der Waals surface area contributed by atoms with Crippen molar-refractivity contribution in [2.75, 3.05) is 11.5 Å². The van der Waals surface area contributed by atoms with Gasteiger partial charge >= 0.3 is 10.1 Å². The van der Waals surface area contributed by atoms with Crippen LogP contribution in [-0.4, -0.2) is 43.2 Å². The molecule has 10 heteroatoms. The summed E-state index contributed by atoms with van der Waals surface area (Å²) < 4.78 is 55.7. The molecule has 1 atom stereocenters. The van der Waals surface area contributed by atoms with E-state index in [-0.39, 0.29) is 27.8 Å². The average Bonchev–Trinajstić information content (AvgIpc) is 3.01. The van der Waals surface area contributed by atoms with Crippen LogP contribution in [0.3, 0.4) is 0 Å². The van der Waals surface area contributed by atoms with Crippen LogP contribution in [0.2, 0.25) is 0 Å². The Hall–Kier alpha value is -1.91. The van der Waals surface area contributed by atoms with Gasteiger partial charge in [-0.25, -0.2) is 13.1 Å². The lowest BCUT2D eigenvalue weighted by Gasteiger charge is -2.23. The van der Waals surface area contributed by atoms with Gasteiger partial charge in [-0.3, -0.25) is 0 Å². The summed E-state index contributed by atoms with van der Waals surface area (Å²) in [4.78, 5) is 0.282. The molecule has 0 saturated carbocycles. The van der Waals surface area contributed by atoms with Crippen LogP contribution in [0.15, 0.2) is 23.2 Å². The van der Waals surface area contributed by atoms with Gasteiger partial charge < -0.3 is 9.29 Å². The molecule has 0 saturated heterocycles. The highest BCUT2D eigenvalue weighted by atomic mass is 32.2. The van der Waals surface area contributed by atoms with E-state index < -0.39 is 31.5 Å². The first kappa shape index (κ1) is 21.8. The highest BCUT2D eigenvalue weighted by Gasteiger charge is 2.42. The van der Waals surface area contributed by atoms with Gasteiger partial charge in [0.15, 0.2) is 9.84 Å². The highest BCUT2D eigenvalue weighted by Crippen LogP contribution is 2.44. The molecule has 3 rings (SSSR count). The molecule has 29 heavy (non-hydrogen) atoms. The number of aryl methyl sites for hydroxylation is 1. The fourth-order valence-electron chi connectivity index (χ4n) is 4.04. The van der Waals surface area contributed by atoms with Gasteiger partial charge in [0, 0.05) is 12.5 Å². The van der Waals surface area contributed by atoms with Crippen molar-refractivity contribution in [3.63, 3.8) is 0 Å². The second-order valence-corrected chi connectivity index (χ2v) is 11.7. The second-order valence-electron chi connectivity index (χ2n) is 8.07. The van der Waals surface area contributed by atoms with Crippen LogP contribution in [-0.2, 0) is 32.4 Å². The molecule has 1 aromatic heterocycles. The number of aliphatic hydroxyl groups excluding tert-OH is 1. The van der Waals surface area contributed by atoms with E-state index in [2.05, 4.69) is 5.10 Å². The van der Waals surface area contributed by atoms with Crippen molar-refractivity contribution in [3.8, 4) is 5.88 Å². The predicted octanol–water partition coefficient (Wildman–Crippen LogP) is 1.99. The van der Waals surface area contributed by atoms with Crippen molar-refractivity contribution >= 4 is 20.0 Å². The maximum Gasteiger partial charge on any atom is 0.310 e. The van der Waals surface area contributed by atoms with Crippen LogP contribution in [0, 0.1) is 6.92 Å². The van der Waals surface area contributed by atoms with E-state index in [9.17, 15) is 21.9 Å². The van der Waals surface area contributed by atoms with Crippen LogP contribution in [0.4, 0.5) is 0 Å². The fourth-order valence-corrected chi connectivity index (χ4v) is 7.33. The molecule has 0 bridgehead atoms. The summed E-state index contributed by atoms with van der Waals surface area (Å²) in [5.41, 5.74) is 1.44. The second kappa shape index (κ2) is 7.10. The Balaban J connectivity index is 2.10. The number of hydrogen-bond acceptors (Lipinski definition) is 7. The van der Waals surface area contributed by atoms with E-state index in [1.807, 2.05) is 13.8 Å². The first-order chi connectivity index (χ1) is 13.3. The average molecular weight is 443 g/mol. The van der Waals surface area contributed by atoms with Crippen molar-refractivity contribution < 1.29 is 26.1 Å². The minimum absolute atomic E-state index is 0.00619. The summed E-state index contributed by atoms with van der Waals surface area (Å²) in [7, 11) is -5.67. The van der Waals surface area contributed by atoms with Crippen molar-refractivity contribution in [2.45, 2.75) is 50.5 Å². The molecular formula is C19H26N2O6S2. The molecule has 1 aromatic carbocycles. The molecule has 0 amide bonds. The topological polar surface area (TPSA) is 116 Å². The van der Waals surface area contributed by atoms with E-state index >= 15 is 0 Å². The number of fused-ring (bicyclic) bond motifs is 1. The monoisotopic (exact) mass is 442 g/mol. The van der Waals surface area contributed by atoms with E-state index in [1.165, 1.54) is 24.0 Å². The molecule has 8 nitrogen and oxygen atoms in total. The standard InChI is InChI=1S/C19H26N2O6S2/c1-6-9-29(25,26)27-18-14(10-20-21(18)5)17(22)13-7-8-15-16(12(13)2)19(3,4)11-28(15,23)24/h7-8,10,17,22H,6,9,11H2,1-5H3. The van der Waals surface area contributed by atoms with Gasteiger partial charge in [0.05, 0.1) is 28.2 Å². The Labute approximate surface area is 171 Å². The lowest BCUT2D eigenvalue weighted by atomic mass is 9.81. The largest absolute Gasteiger partial charge is 0.383 e. The summed E-state index contributed by atoms with van der Waals surface area (Å²) in [6.45, 7) is 7.21. The first-order valence-electron chi connectivity index (χ1n) is 9.29. The van der Waals surface area contributed by atoms with E-state index in [4.69, 9.17) is 4.18 Å². The van der Waals surface area contributed by atoms with Crippen LogP contribution in [0.1, 0.15) is 55.5 Å². The molecule has 1 N–H and O–H groups in total. The zero-order chi connectivity index (χ0) is 21.8. The minimum Gasteiger partial charge on any atom is -0.383 e. The van der Waals surface area contributed by atoms with Crippen molar-refractivity contribution in [1.82, 2.24) is 9.78 Å². The number of aromatic nitrogens is 2. The Bertz CT molecular complexity index is 1160. The third-order valence-electron chi connectivity index (χ3n) is 5.19. The number of aliphatic hydroxyl groups is 1. The van der Waals surface area contributed by atoms with Crippen LogP contribution < -0.4 is 4.18 Å². The van der Waals surface area contributed by atoms with Crippen molar-refractivity contribution in [1.29, 1.82) is 0 Å². The van der Waals surface area contributed by atoms with E-state index in [0.29, 0.717) is 23.1 Å². The lowest BCUT2D eigenvalue weighted by molar-refractivity contribution is 0.216. The predicted molar refractivity (Wildman–Crippen MR) is 108 cm³/mol. The van der Waals surface area contributed by atoms with Crippen LogP contribution in [0.5, 0.6) is 5.88 Å². The number of nitrogens with zero attached hydrogens (tertiary/aromatic N) is 2. The number of hydrogen-bond donors (Lipinski definition) is 1. The maximum absolute atomic E-state index is 12.5. The molecule has 0 fully saturated rings.